The summed E-state index contributed by atoms with van der Waals surface area (Å²) in [6, 6.07) is 8.26. The zero-order valence-electron chi connectivity index (χ0n) is 9.93. The van der Waals surface area contributed by atoms with Crippen molar-refractivity contribution in [3.8, 4) is 0 Å². The fourth-order valence-corrected chi connectivity index (χ4v) is 3.82. The summed E-state index contributed by atoms with van der Waals surface area (Å²) in [6.07, 6.45) is 0. The molecular weight excluding hydrogens is 353 g/mol. The van der Waals surface area contributed by atoms with Crippen molar-refractivity contribution in [1.29, 1.82) is 0 Å². The van der Waals surface area contributed by atoms with Gasteiger partial charge in [-0.15, -0.1) is 11.3 Å². The first-order valence-electron chi connectivity index (χ1n) is 5.41. The Hall–Kier alpha value is -0.0600. The molecular formula is C13H12BrCl2NS. The number of nitrogens with one attached hydrogen (secondary N) is 1. The van der Waals surface area contributed by atoms with Crippen LogP contribution in [0.2, 0.25) is 9.36 Å². The van der Waals surface area contributed by atoms with Gasteiger partial charge >= 0.3 is 0 Å². The molecule has 0 fully saturated rings. The van der Waals surface area contributed by atoms with Crippen LogP contribution >= 0.6 is 50.5 Å². The van der Waals surface area contributed by atoms with Crippen LogP contribution < -0.4 is 5.32 Å². The van der Waals surface area contributed by atoms with E-state index in [9.17, 15) is 0 Å². The molecule has 18 heavy (non-hydrogen) atoms. The maximum Gasteiger partial charge on any atom is 0.107 e. The van der Waals surface area contributed by atoms with E-state index in [0.717, 1.165) is 19.4 Å². The number of halogens is 3. The molecule has 2 rings (SSSR count). The smallest absolute Gasteiger partial charge is 0.107 e. The number of hydrogen-bond donors (Lipinski definition) is 1. The molecule has 96 valence electrons. The van der Waals surface area contributed by atoms with E-state index in [-0.39, 0.29) is 6.04 Å². The van der Waals surface area contributed by atoms with Gasteiger partial charge in [0.05, 0.1) is 6.04 Å². The fourth-order valence-electron chi connectivity index (χ4n) is 1.83. The predicted octanol–water partition coefficient (Wildman–Crippen LogP) is 5.43. The Morgan fingerprint density at radius 1 is 1.28 bits per heavy atom. The first kappa shape index (κ1) is 14.4. The molecule has 0 bridgehead atoms. The molecule has 0 saturated heterocycles. The molecule has 0 aliphatic rings. The lowest BCUT2D eigenvalue weighted by Crippen LogP contribution is -2.16. The Bertz CT molecular complexity index is 549. The molecule has 0 amide bonds. The molecule has 0 aliphatic carbocycles. The molecule has 0 aliphatic heterocycles. The minimum Gasteiger partial charge on any atom is -0.309 e. The summed E-state index contributed by atoms with van der Waals surface area (Å²) in [5, 5.41) is 4.10. The SMILES string of the molecule is CNC(c1ccc(Cl)c(C)c1)c1cc(Br)c(Cl)s1. The largest absolute Gasteiger partial charge is 0.309 e. The normalized spacial score (nSPS) is 12.7. The highest BCUT2D eigenvalue weighted by Crippen LogP contribution is 2.37. The number of hydrogen-bond acceptors (Lipinski definition) is 2. The Labute approximate surface area is 129 Å². The maximum absolute atomic E-state index is 6.10. The lowest BCUT2D eigenvalue weighted by molar-refractivity contribution is 0.703. The van der Waals surface area contributed by atoms with Crippen LogP contribution in [0, 0.1) is 6.92 Å². The third-order valence-electron chi connectivity index (χ3n) is 2.75. The van der Waals surface area contributed by atoms with Gasteiger partial charge in [-0.2, -0.15) is 0 Å². The van der Waals surface area contributed by atoms with Crippen LogP contribution in [0.3, 0.4) is 0 Å². The van der Waals surface area contributed by atoms with Gasteiger partial charge in [0.2, 0.25) is 0 Å². The quantitative estimate of drug-likeness (QED) is 0.765. The topological polar surface area (TPSA) is 12.0 Å². The van der Waals surface area contributed by atoms with E-state index in [1.165, 1.54) is 10.4 Å². The van der Waals surface area contributed by atoms with Crippen molar-refractivity contribution >= 4 is 50.5 Å². The van der Waals surface area contributed by atoms with Crippen molar-refractivity contribution in [3.63, 3.8) is 0 Å². The van der Waals surface area contributed by atoms with Gasteiger partial charge in [0.25, 0.3) is 0 Å². The summed E-state index contributed by atoms with van der Waals surface area (Å²) < 4.78 is 1.71. The van der Waals surface area contributed by atoms with Gasteiger partial charge in [-0.25, -0.2) is 0 Å². The van der Waals surface area contributed by atoms with Crippen molar-refractivity contribution in [1.82, 2.24) is 5.32 Å². The van der Waals surface area contributed by atoms with Crippen LogP contribution in [0.5, 0.6) is 0 Å². The molecule has 1 atom stereocenters. The van der Waals surface area contributed by atoms with Gasteiger partial charge in [-0.3, -0.25) is 0 Å². The van der Waals surface area contributed by atoms with E-state index in [2.05, 4.69) is 33.4 Å². The van der Waals surface area contributed by atoms with Crippen molar-refractivity contribution < 1.29 is 0 Å². The second kappa shape index (κ2) is 5.93. The Morgan fingerprint density at radius 2 is 2.00 bits per heavy atom. The van der Waals surface area contributed by atoms with Crippen LogP contribution in [0.25, 0.3) is 0 Å². The van der Waals surface area contributed by atoms with Crippen molar-refractivity contribution in [2.75, 3.05) is 7.05 Å². The molecule has 1 aromatic carbocycles. The highest BCUT2D eigenvalue weighted by atomic mass is 79.9. The molecule has 1 nitrogen and oxygen atoms in total. The molecule has 2 aromatic rings. The summed E-state index contributed by atoms with van der Waals surface area (Å²) in [4.78, 5) is 1.18. The molecule has 0 saturated carbocycles. The summed E-state index contributed by atoms with van der Waals surface area (Å²) in [7, 11) is 1.94. The minimum atomic E-state index is 0.134. The zero-order valence-corrected chi connectivity index (χ0v) is 13.8. The van der Waals surface area contributed by atoms with E-state index in [4.69, 9.17) is 23.2 Å². The molecule has 1 unspecified atom stereocenters. The highest BCUT2D eigenvalue weighted by molar-refractivity contribution is 9.10. The van der Waals surface area contributed by atoms with Crippen molar-refractivity contribution in [2.45, 2.75) is 13.0 Å². The third-order valence-corrected chi connectivity index (χ3v) is 5.72. The van der Waals surface area contributed by atoms with Crippen LogP contribution in [-0.4, -0.2) is 7.05 Å². The van der Waals surface area contributed by atoms with Crippen LogP contribution in [0.15, 0.2) is 28.7 Å². The van der Waals surface area contributed by atoms with Crippen molar-refractivity contribution in [3.05, 3.63) is 54.1 Å². The second-order valence-corrected chi connectivity index (χ2v) is 6.95. The van der Waals surface area contributed by atoms with E-state index in [0.29, 0.717) is 0 Å². The Balaban J connectivity index is 2.41. The van der Waals surface area contributed by atoms with Crippen LogP contribution in [0.4, 0.5) is 0 Å². The number of benzene rings is 1. The molecule has 1 N–H and O–H groups in total. The molecule has 1 heterocycles. The van der Waals surface area contributed by atoms with Gasteiger partial charge in [0, 0.05) is 14.4 Å². The Morgan fingerprint density at radius 3 is 2.50 bits per heavy atom. The van der Waals surface area contributed by atoms with Gasteiger partial charge in [0.1, 0.15) is 4.34 Å². The summed E-state index contributed by atoms with van der Waals surface area (Å²) in [5.74, 6) is 0. The number of thiophene rings is 1. The van der Waals surface area contributed by atoms with E-state index >= 15 is 0 Å². The number of rotatable bonds is 3. The number of aryl methyl sites for hydroxylation is 1. The second-order valence-electron chi connectivity index (χ2n) is 4.00. The van der Waals surface area contributed by atoms with Crippen molar-refractivity contribution in [2.24, 2.45) is 0 Å². The lowest BCUT2D eigenvalue weighted by Gasteiger charge is -2.16. The van der Waals surface area contributed by atoms with Gasteiger partial charge in [-0.05, 0) is 53.2 Å². The van der Waals surface area contributed by atoms with Gasteiger partial charge < -0.3 is 5.32 Å². The standard InChI is InChI=1S/C13H12BrCl2NS/c1-7-5-8(3-4-10(7)15)12(17-2)11-6-9(14)13(16)18-11/h3-6,12,17H,1-2H3. The first-order valence-corrected chi connectivity index (χ1v) is 7.77. The van der Waals surface area contributed by atoms with Crippen LogP contribution in [0.1, 0.15) is 22.0 Å². The summed E-state index contributed by atoms with van der Waals surface area (Å²) >= 11 is 17.2. The minimum absolute atomic E-state index is 0.134. The first-order chi connectivity index (χ1) is 8.52. The van der Waals surface area contributed by atoms with Gasteiger partial charge in [0.15, 0.2) is 0 Å². The fraction of sp³-hybridized carbons (Fsp3) is 0.231. The summed E-state index contributed by atoms with van der Waals surface area (Å²) in [6.45, 7) is 2.01. The van der Waals surface area contributed by atoms with E-state index < -0.39 is 0 Å². The highest BCUT2D eigenvalue weighted by Gasteiger charge is 2.16. The molecule has 0 spiro atoms. The van der Waals surface area contributed by atoms with E-state index in [1.807, 2.05) is 26.1 Å². The molecule has 5 heteroatoms. The zero-order chi connectivity index (χ0) is 13.3. The Kier molecular flexibility index (Phi) is 4.73. The maximum atomic E-state index is 6.10. The average Bonchev–Trinajstić information content (AvgIpc) is 2.65. The average molecular weight is 365 g/mol. The third kappa shape index (κ3) is 2.91. The molecule has 0 radical (unpaired) electrons. The summed E-state index contributed by atoms with van der Waals surface area (Å²) in [5.41, 5.74) is 2.26. The van der Waals surface area contributed by atoms with Crippen LogP contribution in [-0.2, 0) is 0 Å². The predicted molar refractivity (Wildman–Crippen MR) is 84.1 cm³/mol. The lowest BCUT2D eigenvalue weighted by atomic mass is 10.0. The molecule has 1 aromatic heterocycles. The van der Waals surface area contributed by atoms with E-state index in [1.54, 1.807) is 11.3 Å². The van der Waals surface area contributed by atoms with Gasteiger partial charge in [-0.1, -0.05) is 35.3 Å². The monoisotopic (exact) mass is 363 g/mol.